The lowest BCUT2D eigenvalue weighted by molar-refractivity contribution is 0.101. The Morgan fingerprint density at radius 1 is 0.615 bits per heavy atom. The molecule has 39 heavy (non-hydrogen) atoms. The Bertz CT molecular complexity index is 1570. The van der Waals surface area contributed by atoms with E-state index < -0.39 is 21.7 Å². The van der Waals surface area contributed by atoms with Gasteiger partial charge in [-0.05, 0) is 72.5 Å². The molecular formula is C32H28N2O4S. The molecule has 196 valence electrons. The molecule has 2 N–H and O–H groups in total. The van der Waals surface area contributed by atoms with Gasteiger partial charge >= 0.3 is 0 Å². The zero-order chi connectivity index (χ0) is 28.2. The van der Waals surface area contributed by atoms with Crippen molar-refractivity contribution in [3.63, 3.8) is 0 Å². The number of hydrogen-bond acceptors (Lipinski definition) is 4. The molecule has 7 heteroatoms. The molecule has 0 aliphatic heterocycles. The van der Waals surface area contributed by atoms with E-state index in [0.717, 1.165) is 11.1 Å². The number of nitrogens with one attached hydrogen (secondary N) is 2. The summed E-state index contributed by atoms with van der Waals surface area (Å²) in [7, 11) is -4.18. The van der Waals surface area contributed by atoms with Crippen molar-refractivity contribution in [2.75, 3.05) is 10.6 Å². The van der Waals surface area contributed by atoms with Gasteiger partial charge in [-0.2, -0.15) is 0 Å². The largest absolute Gasteiger partial charge is 0.321 e. The Labute approximate surface area is 228 Å². The van der Waals surface area contributed by atoms with E-state index in [1.165, 1.54) is 12.1 Å². The monoisotopic (exact) mass is 536 g/mol. The summed E-state index contributed by atoms with van der Waals surface area (Å²) in [4.78, 5) is 26.0. The summed E-state index contributed by atoms with van der Waals surface area (Å²) >= 11 is 0. The maximum atomic E-state index is 14.1. The van der Waals surface area contributed by atoms with Gasteiger partial charge in [-0.15, -0.1) is 0 Å². The van der Waals surface area contributed by atoms with Crippen LogP contribution in [0, 0.1) is 13.8 Å². The van der Waals surface area contributed by atoms with Crippen LogP contribution in [0.25, 0.3) is 12.2 Å². The molecule has 0 atom stereocenters. The fraction of sp³-hybridized carbons (Fsp3) is 0.0625. The average Bonchev–Trinajstić information content (AvgIpc) is 2.95. The normalized spacial score (nSPS) is 10.9. The zero-order valence-electron chi connectivity index (χ0n) is 21.7. The Morgan fingerprint density at radius 3 is 1.31 bits per heavy atom. The number of benzene rings is 4. The highest BCUT2D eigenvalue weighted by Gasteiger charge is 2.28. The first kappa shape index (κ1) is 27.3. The van der Waals surface area contributed by atoms with Crippen LogP contribution in [0.15, 0.2) is 108 Å². The highest BCUT2D eigenvalue weighted by molar-refractivity contribution is 7.91. The van der Waals surface area contributed by atoms with Crippen LogP contribution in [0.1, 0.15) is 43.0 Å². The van der Waals surface area contributed by atoms with Gasteiger partial charge in [0.15, 0.2) is 0 Å². The smallest absolute Gasteiger partial charge is 0.255 e. The Morgan fingerprint density at radius 2 is 0.974 bits per heavy atom. The number of rotatable bonds is 8. The van der Waals surface area contributed by atoms with Gasteiger partial charge in [0.1, 0.15) is 0 Å². The predicted molar refractivity (Wildman–Crippen MR) is 157 cm³/mol. The number of hydrogen-bond donors (Lipinski definition) is 2. The van der Waals surface area contributed by atoms with Crippen LogP contribution in [0.3, 0.4) is 0 Å². The minimum atomic E-state index is -4.18. The van der Waals surface area contributed by atoms with Crippen molar-refractivity contribution in [1.82, 2.24) is 0 Å². The zero-order valence-corrected chi connectivity index (χ0v) is 22.5. The summed E-state index contributed by atoms with van der Waals surface area (Å²) in [6, 6.07) is 23.2. The van der Waals surface area contributed by atoms with E-state index in [-0.39, 0.29) is 21.2 Å². The van der Waals surface area contributed by atoms with Gasteiger partial charge in [-0.1, -0.05) is 73.8 Å². The number of amides is 2. The summed E-state index contributed by atoms with van der Waals surface area (Å²) in [6.07, 6.45) is 3.34. The average molecular weight is 537 g/mol. The topological polar surface area (TPSA) is 92.3 Å². The van der Waals surface area contributed by atoms with Gasteiger partial charge in [0.2, 0.25) is 9.84 Å². The number of aryl methyl sites for hydroxylation is 2. The van der Waals surface area contributed by atoms with Crippen molar-refractivity contribution in [1.29, 1.82) is 0 Å². The van der Waals surface area contributed by atoms with Crippen LogP contribution in [-0.2, 0) is 9.84 Å². The maximum Gasteiger partial charge on any atom is 0.255 e. The quantitative estimate of drug-likeness (QED) is 0.255. The summed E-state index contributed by atoms with van der Waals surface area (Å²) in [6.45, 7) is 10.9. The van der Waals surface area contributed by atoms with Gasteiger partial charge in [-0.3, -0.25) is 9.59 Å². The van der Waals surface area contributed by atoms with Crippen LogP contribution in [0.4, 0.5) is 11.4 Å². The molecular weight excluding hydrogens is 508 g/mol. The summed E-state index contributed by atoms with van der Waals surface area (Å²) in [5.41, 5.74) is 3.97. The van der Waals surface area contributed by atoms with E-state index in [9.17, 15) is 18.0 Å². The predicted octanol–water partition coefficient (Wildman–Crippen LogP) is 6.93. The molecule has 4 rings (SSSR count). The van der Waals surface area contributed by atoms with Gasteiger partial charge in [-0.25, -0.2) is 8.42 Å². The first-order valence-corrected chi connectivity index (χ1v) is 13.7. The molecule has 0 aliphatic carbocycles. The second-order valence-corrected chi connectivity index (χ2v) is 10.8. The van der Waals surface area contributed by atoms with Crippen molar-refractivity contribution in [3.05, 3.63) is 131 Å². The fourth-order valence-electron chi connectivity index (χ4n) is 4.08. The molecule has 0 bridgehead atoms. The van der Waals surface area contributed by atoms with Crippen LogP contribution in [-0.4, -0.2) is 20.2 Å². The second kappa shape index (κ2) is 11.3. The molecule has 0 aromatic heterocycles. The van der Waals surface area contributed by atoms with Crippen molar-refractivity contribution in [2.24, 2.45) is 0 Å². The molecule has 0 saturated carbocycles. The van der Waals surface area contributed by atoms with E-state index >= 15 is 0 Å². The van der Waals surface area contributed by atoms with Crippen LogP contribution in [0.2, 0.25) is 0 Å². The molecule has 0 saturated heterocycles. The lowest BCUT2D eigenvalue weighted by Gasteiger charge is -2.18. The molecule has 4 aromatic rings. The third kappa shape index (κ3) is 5.73. The van der Waals surface area contributed by atoms with E-state index in [4.69, 9.17) is 0 Å². The highest BCUT2D eigenvalue weighted by Crippen LogP contribution is 2.35. The van der Waals surface area contributed by atoms with E-state index in [2.05, 4.69) is 23.8 Å². The molecule has 0 fully saturated rings. The van der Waals surface area contributed by atoms with Gasteiger partial charge in [0.25, 0.3) is 11.8 Å². The summed E-state index contributed by atoms with van der Waals surface area (Å²) in [5.74, 6) is -0.894. The molecule has 6 nitrogen and oxygen atoms in total. The molecule has 0 aliphatic rings. The van der Waals surface area contributed by atoms with Crippen molar-refractivity contribution in [3.8, 4) is 0 Å². The third-order valence-electron chi connectivity index (χ3n) is 6.34. The third-order valence-corrected chi connectivity index (χ3v) is 8.18. The summed E-state index contributed by atoms with van der Waals surface area (Å²) < 4.78 is 28.1. The van der Waals surface area contributed by atoms with E-state index in [1.807, 2.05) is 0 Å². The number of carbonyl (C=O) groups is 2. The highest BCUT2D eigenvalue weighted by atomic mass is 32.2. The molecule has 0 spiro atoms. The molecule has 0 heterocycles. The number of sulfone groups is 1. The van der Waals surface area contributed by atoms with Crippen LogP contribution < -0.4 is 10.6 Å². The Balaban J connectivity index is 1.73. The number of para-hydroxylation sites is 2. The van der Waals surface area contributed by atoms with Crippen molar-refractivity contribution >= 4 is 45.2 Å². The minimum Gasteiger partial charge on any atom is -0.321 e. The first-order valence-electron chi connectivity index (χ1n) is 12.2. The van der Waals surface area contributed by atoms with Gasteiger partial charge < -0.3 is 10.6 Å². The molecule has 0 radical (unpaired) electrons. The van der Waals surface area contributed by atoms with Gasteiger partial charge in [0.05, 0.1) is 21.2 Å². The standard InChI is InChI=1S/C32H28N2O4S/c1-5-23-13-17-25(18-14-23)31(35)33-29-21(3)9-7-11-27(29)39(37,38)28-12-8-10-22(4)30(28)34-32(36)26-19-15-24(6-2)16-20-26/h5-20H,1-2H2,3-4H3,(H,33,35)(H,34,36). The van der Waals surface area contributed by atoms with E-state index in [0.29, 0.717) is 22.3 Å². The maximum absolute atomic E-state index is 14.1. The van der Waals surface area contributed by atoms with Crippen molar-refractivity contribution < 1.29 is 18.0 Å². The first-order chi connectivity index (χ1) is 18.6. The summed E-state index contributed by atoms with van der Waals surface area (Å²) in [5, 5.41) is 5.56. The van der Waals surface area contributed by atoms with Crippen LogP contribution in [0.5, 0.6) is 0 Å². The van der Waals surface area contributed by atoms with E-state index in [1.54, 1.807) is 98.8 Å². The lowest BCUT2D eigenvalue weighted by atomic mass is 10.1. The second-order valence-electron chi connectivity index (χ2n) is 8.96. The van der Waals surface area contributed by atoms with Crippen molar-refractivity contribution in [2.45, 2.75) is 23.6 Å². The molecule has 2 amide bonds. The fourth-order valence-corrected chi connectivity index (χ4v) is 5.79. The Hall–Kier alpha value is -4.75. The SMILES string of the molecule is C=Cc1ccc(C(=O)Nc2c(C)cccc2S(=O)(=O)c2cccc(C)c2NC(=O)c2ccc(C=C)cc2)cc1. The molecule has 4 aromatic carbocycles. The van der Waals surface area contributed by atoms with Crippen LogP contribution >= 0.6 is 0 Å². The number of carbonyl (C=O) groups excluding carboxylic acids is 2. The lowest BCUT2D eigenvalue weighted by Crippen LogP contribution is -2.18. The Kier molecular flexibility index (Phi) is 7.93. The van der Waals surface area contributed by atoms with Gasteiger partial charge in [0, 0.05) is 11.1 Å². The minimum absolute atomic E-state index is 0.0741. The number of anilines is 2. The molecule has 0 unspecified atom stereocenters.